The predicted octanol–water partition coefficient (Wildman–Crippen LogP) is 6.78. The summed E-state index contributed by atoms with van der Waals surface area (Å²) in [6, 6.07) is 8.34. The summed E-state index contributed by atoms with van der Waals surface area (Å²) in [7, 11) is -1.21. The average molecular weight is 544 g/mol. The van der Waals surface area contributed by atoms with Gasteiger partial charge in [0, 0.05) is 35.8 Å². The molecule has 1 unspecified atom stereocenters. The van der Waals surface area contributed by atoms with Gasteiger partial charge in [0.2, 0.25) is 6.54 Å². The van der Waals surface area contributed by atoms with Gasteiger partial charge in [-0.1, -0.05) is 50.5 Å². The van der Waals surface area contributed by atoms with Crippen LogP contribution in [0.4, 0.5) is 0 Å². The quantitative estimate of drug-likeness (QED) is 0.0991. The molecule has 0 bridgehead atoms. The van der Waals surface area contributed by atoms with Gasteiger partial charge >= 0.3 is 0 Å². The third kappa shape index (κ3) is 7.93. The molecule has 210 valence electrons. The Morgan fingerprint density at radius 1 is 1.05 bits per heavy atom. The third-order valence-electron chi connectivity index (χ3n) is 7.63. The number of ketones is 2. The van der Waals surface area contributed by atoms with E-state index in [4.69, 9.17) is 15.6 Å². The Kier molecular flexibility index (Phi) is 12.3. The highest BCUT2D eigenvalue weighted by Crippen LogP contribution is 2.48. The molecule has 0 saturated carbocycles. The number of benzene rings is 1. The lowest BCUT2D eigenvalue weighted by Crippen LogP contribution is -2.35. The van der Waals surface area contributed by atoms with Crippen molar-refractivity contribution in [1.29, 1.82) is 0 Å². The molecule has 0 aromatic heterocycles. The number of nitrogens with zero attached hydrogens (tertiary/aromatic N) is 3. The molecular formula is C30H46N3O4P. The SMILES string of the molecule is [C-]#[N+]CCOP(O[C@H]1C[C@@H](CC)N(CCCCCCC2C(=O)c3ccccc3C2=O)C1)N(C(C)C)C(C)C. The fraction of sp³-hybridized carbons (Fsp3) is 0.700. The van der Waals surface area contributed by atoms with Crippen molar-refractivity contribution in [2.75, 3.05) is 26.2 Å². The lowest BCUT2D eigenvalue weighted by atomic mass is 9.96. The summed E-state index contributed by atoms with van der Waals surface area (Å²) in [5.74, 6) is -0.464. The molecular weight excluding hydrogens is 497 g/mol. The zero-order valence-electron chi connectivity index (χ0n) is 23.9. The van der Waals surface area contributed by atoms with E-state index in [0.29, 0.717) is 48.8 Å². The number of carbonyl (C=O) groups excluding carboxylic acids is 2. The number of hydrogen-bond donors (Lipinski definition) is 0. The molecule has 3 rings (SSSR count). The van der Waals surface area contributed by atoms with E-state index in [1.165, 1.54) is 0 Å². The zero-order chi connectivity index (χ0) is 27.7. The Bertz CT molecular complexity index is 920. The Balaban J connectivity index is 1.43. The Morgan fingerprint density at radius 3 is 2.26 bits per heavy atom. The maximum Gasteiger partial charge on any atom is 0.259 e. The fourth-order valence-corrected chi connectivity index (χ4v) is 7.52. The molecule has 0 amide bonds. The van der Waals surface area contributed by atoms with Crippen LogP contribution in [-0.2, 0) is 9.05 Å². The second-order valence-corrected chi connectivity index (χ2v) is 12.5. The fourth-order valence-electron chi connectivity index (χ4n) is 5.82. The molecule has 0 spiro atoms. The van der Waals surface area contributed by atoms with Crippen molar-refractivity contribution in [3.05, 3.63) is 46.8 Å². The van der Waals surface area contributed by atoms with Crippen LogP contribution in [0.25, 0.3) is 4.85 Å². The molecule has 1 aliphatic carbocycles. The Morgan fingerprint density at radius 2 is 1.68 bits per heavy atom. The number of carbonyl (C=O) groups is 2. The molecule has 2 aliphatic rings. The van der Waals surface area contributed by atoms with Gasteiger partial charge in [-0.25, -0.2) is 11.2 Å². The van der Waals surface area contributed by atoms with Crippen LogP contribution in [0.2, 0.25) is 0 Å². The second-order valence-electron chi connectivity index (χ2n) is 11.1. The first-order valence-electron chi connectivity index (χ1n) is 14.4. The molecule has 1 saturated heterocycles. The molecule has 1 aromatic carbocycles. The summed E-state index contributed by atoms with van der Waals surface area (Å²) >= 11 is 0. The van der Waals surface area contributed by atoms with Gasteiger partial charge in [-0.2, -0.15) is 0 Å². The summed E-state index contributed by atoms with van der Waals surface area (Å²) in [6.07, 6.45) is 7.06. The van der Waals surface area contributed by atoms with Crippen molar-refractivity contribution in [3.8, 4) is 0 Å². The molecule has 1 heterocycles. The van der Waals surface area contributed by atoms with Crippen molar-refractivity contribution in [2.24, 2.45) is 5.92 Å². The Hall–Kier alpha value is -1.68. The molecule has 0 radical (unpaired) electrons. The van der Waals surface area contributed by atoms with Gasteiger partial charge in [-0.15, -0.1) is 0 Å². The smallest absolute Gasteiger partial charge is 0.259 e. The highest BCUT2D eigenvalue weighted by Gasteiger charge is 2.38. The van der Waals surface area contributed by atoms with Gasteiger partial charge < -0.3 is 13.9 Å². The summed E-state index contributed by atoms with van der Waals surface area (Å²) in [5, 5.41) is 0. The first kappa shape index (κ1) is 30.9. The lowest BCUT2D eigenvalue weighted by molar-refractivity contribution is 0.0828. The topological polar surface area (TPSA) is 63.4 Å². The van der Waals surface area contributed by atoms with Crippen molar-refractivity contribution in [3.63, 3.8) is 0 Å². The number of likely N-dealkylation sites (tertiary alicyclic amines) is 1. The number of hydrogen-bond acceptors (Lipinski definition) is 6. The minimum absolute atomic E-state index is 0.00558. The molecule has 3 atom stereocenters. The number of fused-ring (bicyclic) bond motifs is 1. The van der Waals surface area contributed by atoms with Crippen LogP contribution in [0, 0.1) is 12.5 Å². The van der Waals surface area contributed by atoms with E-state index in [1.807, 2.05) is 12.1 Å². The second kappa shape index (κ2) is 15.2. The van der Waals surface area contributed by atoms with Crippen molar-refractivity contribution in [2.45, 2.75) is 104 Å². The highest BCUT2D eigenvalue weighted by atomic mass is 31.2. The first-order chi connectivity index (χ1) is 18.3. The van der Waals surface area contributed by atoms with Gasteiger partial charge in [0.15, 0.2) is 11.6 Å². The summed E-state index contributed by atoms with van der Waals surface area (Å²) < 4.78 is 15.0. The maximum atomic E-state index is 12.6. The van der Waals surface area contributed by atoms with Gasteiger partial charge in [0.25, 0.3) is 8.53 Å². The van der Waals surface area contributed by atoms with Crippen molar-refractivity contribution >= 4 is 20.1 Å². The first-order valence-corrected chi connectivity index (χ1v) is 15.5. The monoisotopic (exact) mass is 543 g/mol. The van der Waals surface area contributed by atoms with E-state index in [9.17, 15) is 9.59 Å². The maximum absolute atomic E-state index is 12.6. The molecule has 38 heavy (non-hydrogen) atoms. The van der Waals surface area contributed by atoms with Crippen LogP contribution in [0.1, 0.15) is 100 Å². The van der Waals surface area contributed by atoms with E-state index >= 15 is 0 Å². The van der Waals surface area contributed by atoms with Gasteiger partial charge in [-0.3, -0.25) is 14.5 Å². The predicted molar refractivity (Wildman–Crippen MR) is 153 cm³/mol. The largest absolute Gasteiger partial charge is 0.317 e. The minimum Gasteiger partial charge on any atom is -0.317 e. The van der Waals surface area contributed by atoms with E-state index in [1.54, 1.807) is 12.1 Å². The van der Waals surface area contributed by atoms with Crippen molar-refractivity contribution < 1.29 is 18.6 Å². The van der Waals surface area contributed by atoms with Crippen molar-refractivity contribution in [1.82, 2.24) is 9.57 Å². The number of Topliss-reactive ketones (excluding diaryl/α,β-unsaturated/α-hetero) is 2. The van der Waals surface area contributed by atoms with E-state index in [-0.39, 0.29) is 17.7 Å². The van der Waals surface area contributed by atoms with Gasteiger partial charge in [-0.05, 0) is 59.9 Å². The normalized spacial score (nSPS) is 21.1. The molecule has 7 nitrogen and oxygen atoms in total. The van der Waals surface area contributed by atoms with Crippen LogP contribution < -0.4 is 0 Å². The molecule has 1 aliphatic heterocycles. The molecule has 8 heteroatoms. The zero-order valence-corrected chi connectivity index (χ0v) is 24.8. The van der Waals surface area contributed by atoms with Gasteiger partial charge in [0.1, 0.15) is 6.61 Å². The van der Waals surface area contributed by atoms with Crippen LogP contribution in [-0.4, -0.2) is 71.6 Å². The molecule has 1 aromatic rings. The Labute approximate surface area is 231 Å². The summed E-state index contributed by atoms with van der Waals surface area (Å²) in [6.45, 7) is 20.7. The third-order valence-corrected chi connectivity index (χ3v) is 9.81. The number of rotatable bonds is 16. The van der Waals surface area contributed by atoms with E-state index < -0.39 is 14.4 Å². The average Bonchev–Trinajstić information content (AvgIpc) is 3.38. The minimum atomic E-state index is -1.21. The van der Waals surface area contributed by atoms with Crippen LogP contribution in [0.15, 0.2) is 24.3 Å². The van der Waals surface area contributed by atoms with Crippen LogP contribution in [0.3, 0.4) is 0 Å². The van der Waals surface area contributed by atoms with E-state index in [0.717, 1.165) is 51.6 Å². The summed E-state index contributed by atoms with van der Waals surface area (Å²) in [4.78, 5) is 31.2. The highest BCUT2D eigenvalue weighted by molar-refractivity contribution is 7.44. The van der Waals surface area contributed by atoms with Crippen LogP contribution in [0.5, 0.6) is 0 Å². The van der Waals surface area contributed by atoms with Crippen LogP contribution >= 0.6 is 8.53 Å². The standard InChI is InChI=1S/C30H46N3O4P/c1-7-24-20-25(37-38(36-19-17-31-6)33(22(2)3)23(4)5)21-32(24)18-13-9-8-10-16-28-29(34)26-14-11-12-15-27(26)30(28)35/h11-12,14-15,22-25,28H,7-10,13,16-21H2,1-5H3/t24-,25+,38?/m1/s1. The summed E-state index contributed by atoms with van der Waals surface area (Å²) in [5.41, 5.74) is 1.20. The molecule has 0 N–H and O–H groups in total. The molecule has 1 fully saturated rings. The lowest BCUT2D eigenvalue weighted by Gasteiger charge is -2.36. The number of unbranched alkanes of at least 4 members (excludes halogenated alkanes) is 3. The van der Waals surface area contributed by atoms with E-state index in [2.05, 4.69) is 49.0 Å². The van der Waals surface area contributed by atoms with Gasteiger partial charge in [0.05, 0.1) is 12.0 Å².